The van der Waals surface area contributed by atoms with Gasteiger partial charge in [-0.1, -0.05) is 0 Å². The molecule has 0 aliphatic heterocycles. The summed E-state index contributed by atoms with van der Waals surface area (Å²) < 4.78 is 5.28. The van der Waals surface area contributed by atoms with Crippen molar-refractivity contribution in [2.75, 3.05) is 0 Å². The number of aliphatic hydroxyl groups is 1. The third-order valence-electron chi connectivity index (χ3n) is 3.19. The van der Waals surface area contributed by atoms with Crippen LogP contribution < -0.4 is 5.43 Å². The largest absolute Gasteiger partial charge is 0.508 e. The van der Waals surface area contributed by atoms with E-state index >= 15 is 0 Å². The lowest BCUT2D eigenvalue weighted by Gasteiger charge is -2.21. The quantitative estimate of drug-likeness (QED) is 0.817. The van der Waals surface area contributed by atoms with E-state index in [2.05, 4.69) is 0 Å². The van der Waals surface area contributed by atoms with E-state index in [-0.39, 0.29) is 28.1 Å². The number of phenolic OH excluding ortho intramolecular Hbond substituents is 1. The highest BCUT2D eigenvalue weighted by Gasteiger charge is 2.30. The van der Waals surface area contributed by atoms with Gasteiger partial charge in [0.25, 0.3) is 0 Å². The lowest BCUT2D eigenvalue weighted by molar-refractivity contribution is -0.110. The van der Waals surface area contributed by atoms with Crippen molar-refractivity contribution in [3.63, 3.8) is 0 Å². The van der Waals surface area contributed by atoms with Crippen molar-refractivity contribution in [2.24, 2.45) is 0 Å². The molecule has 1 aliphatic carbocycles. The summed E-state index contributed by atoms with van der Waals surface area (Å²) in [6.45, 7) is 0. The molecule has 0 saturated heterocycles. The molecule has 0 bridgehead atoms. The Morgan fingerprint density at radius 2 is 1.80 bits per heavy atom. The molecule has 5 heteroatoms. The fraction of sp³-hybridized carbons (Fsp3) is 0.0667. The van der Waals surface area contributed by atoms with E-state index in [0.29, 0.717) is 0 Å². The minimum absolute atomic E-state index is 0.00990. The number of hydrogen-bond donors (Lipinski definition) is 2. The van der Waals surface area contributed by atoms with Crippen molar-refractivity contribution >= 4 is 16.8 Å². The Hall–Kier alpha value is -2.66. The molecule has 0 saturated carbocycles. The topological polar surface area (TPSA) is 87.7 Å². The van der Waals surface area contributed by atoms with Crippen LogP contribution in [0, 0.1) is 0 Å². The Morgan fingerprint density at radius 1 is 1.10 bits per heavy atom. The second-order valence-corrected chi connectivity index (χ2v) is 4.55. The van der Waals surface area contributed by atoms with Gasteiger partial charge in [-0.05, 0) is 36.4 Å². The first-order chi connectivity index (χ1) is 9.49. The normalized spacial score (nSPS) is 16.8. The number of carbonyl (C=O) groups is 1. The molecule has 3 rings (SSSR count). The Morgan fingerprint density at radius 3 is 2.50 bits per heavy atom. The van der Waals surface area contributed by atoms with Gasteiger partial charge in [0.15, 0.2) is 11.2 Å². The third-order valence-corrected chi connectivity index (χ3v) is 3.19. The summed E-state index contributed by atoms with van der Waals surface area (Å²) in [7, 11) is 0. The zero-order valence-electron chi connectivity index (χ0n) is 10.2. The van der Waals surface area contributed by atoms with Gasteiger partial charge in [0.05, 0.1) is 10.9 Å². The van der Waals surface area contributed by atoms with Gasteiger partial charge >= 0.3 is 0 Å². The second-order valence-electron chi connectivity index (χ2n) is 4.55. The highest BCUT2D eigenvalue weighted by molar-refractivity contribution is 6.00. The molecule has 0 amide bonds. The predicted octanol–water partition coefficient (Wildman–Crippen LogP) is 1.38. The van der Waals surface area contributed by atoms with E-state index in [4.69, 9.17) is 4.42 Å². The van der Waals surface area contributed by atoms with E-state index in [0.717, 1.165) is 6.26 Å². The van der Waals surface area contributed by atoms with Crippen LogP contribution in [-0.4, -0.2) is 16.0 Å². The van der Waals surface area contributed by atoms with Crippen LogP contribution in [0.1, 0.15) is 5.56 Å². The van der Waals surface area contributed by atoms with Crippen molar-refractivity contribution in [3.8, 4) is 5.75 Å². The van der Waals surface area contributed by atoms with E-state index < -0.39 is 11.0 Å². The van der Waals surface area contributed by atoms with E-state index in [9.17, 15) is 19.8 Å². The van der Waals surface area contributed by atoms with Gasteiger partial charge in [-0.15, -0.1) is 0 Å². The van der Waals surface area contributed by atoms with Gasteiger partial charge in [-0.3, -0.25) is 9.59 Å². The molecule has 1 aliphatic rings. The monoisotopic (exact) mass is 270 g/mol. The average Bonchev–Trinajstić information content (AvgIpc) is 2.42. The van der Waals surface area contributed by atoms with Crippen LogP contribution in [0.2, 0.25) is 0 Å². The van der Waals surface area contributed by atoms with Crippen LogP contribution in [0.3, 0.4) is 0 Å². The SMILES string of the molecule is O=C1C=CC(O)(c2coc3cc(O)ccc3c2=O)C=C1. The number of fused-ring (bicyclic) bond motifs is 1. The standard InChI is InChI=1S/C15H10O5/c16-9-3-5-15(19,6-4-9)12-8-20-13-7-10(17)1-2-11(13)14(12)18/h1-8,17,19H. The van der Waals surface area contributed by atoms with Gasteiger partial charge in [-0.25, -0.2) is 0 Å². The van der Waals surface area contributed by atoms with Crippen LogP contribution in [0.4, 0.5) is 0 Å². The van der Waals surface area contributed by atoms with Gasteiger partial charge in [0.2, 0.25) is 0 Å². The minimum Gasteiger partial charge on any atom is -0.508 e. The summed E-state index contributed by atoms with van der Waals surface area (Å²) in [5.74, 6) is -0.278. The van der Waals surface area contributed by atoms with Gasteiger partial charge in [-0.2, -0.15) is 0 Å². The Kier molecular flexibility index (Phi) is 2.59. The first kappa shape index (κ1) is 12.4. The van der Waals surface area contributed by atoms with Crippen LogP contribution in [-0.2, 0) is 10.4 Å². The average molecular weight is 270 g/mol. The van der Waals surface area contributed by atoms with E-state index in [1.165, 1.54) is 42.5 Å². The Bertz CT molecular complexity index is 810. The molecule has 0 spiro atoms. The summed E-state index contributed by atoms with van der Waals surface area (Å²) >= 11 is 0. The summed E-state index contributed by atoms with van der Waals surface area (Å²) in [6.07, 6.45) is 6.01. The van der Waals surface area contributed by atoms with Crippen LogP contribution in [0.15, 0.2) is 58.0 Å². The highest BCUT2D eigenvalue weighted by atomic mass is 16.3. The summed E-state index contributed by atoms with van der Waals surface area (Å²) in [5.41, 5.74) is -1.85. The number of carbonyl (C=O) groups excluding carboxylic acids is 1. The van der Waals surface area contributed by atoms with Gasteiger partial charge in [0.1, 0.15) is 23.2 Å². The smallest absolute Gasteiger partial charge is 0.199 e. The van der Waals surface area contributed by atoms with Crippen molar-refractivity contribution < 1.29 is 19.4 Å². The molecule has 0 fully saturated rings. The lowest BCUT2D eigenvalue weighted by Crippen LogP contribution is -2.29. The molecule has 5 nitrogen and oxygen atoms in total. The maximum absolute atomic E-state index is 12.4. The number of phenols is 1. The fourth-order valence-electron chi connectivity index (χ4n) is 2.10. The summed E-state index contributed by atoms with van der Waals surface area (Å²) in [5, 5.41) is 20.0. The third kappa shape index (κ3) is 1.85. The molecule has 0 unspecified atom stereocenters. The summed E-state index contributed by atoms with van der Waals surface area (Å²) in [6, 6.07) is 4.11. The van der Waals surface area contributed by atoms with Crippen LogP contribution in [0.25, 0.3) is 11.0 Å². The van der Waals surface area contributed by atoms with Crippen molar-refractivity contribution in [1.29, 1.82) is 0 Å². The first-order valence-corrected chi connectivity index (χ1v) is 5.89. The molecule has 2 aromatic rings. The van der Waals surface area contributed by atoms with Gasteiger partial charge in [0, 0.05) is 6.07 Å². The van der Waals surface area contributed by atoms with Crippen molar-refractivity contribution in [2.45, 2.75) is 5.60 Å². The minimum atomic E-state index is -1.67. The number of ketones is 1. The van der Waals surface area contributed by atoms with E-state index in [1.54, 1.807) is 0 Å². The van der Waals surface area contributed by atoms with Crippen LogP contribution >= 0.6 is 0 Å². The van der Waals surface area contributed by atoms with Crippen molar-refractivity contribution in [1.82, 2.24) is 0 Å². The lowest BCUT2D eigenvalue weighted by atomic mass is 9.90. The van der Waals surface area contributed by atoms with E-state index in [1.807, 2.05) is 0 Å². The highest BCUT2D eigenvalue weighted by Crippen LogP contribution is 2.27. The number of hydrogen-bond acceptors (Lipinski definition) is 5. The molecular weight excluding hydrogens is 260 g/mol. The number of rotatable bonds is 1. The zero-order valence-corrected chi connectivity index (χ0v) is 10.2. The molecule has 1 aromatic carbocycles. The zero-order chi connectivity index (χ0) is 14.3. The maximum Gasteiger partial charge on any atom is 0.199 e. The Labute approximate surface area is 113 Å². The second kappa shape index (κ2) is 4.18. The maximum atomic E-state index is 12.4. The fourth-order valence-corrected chi connectivity index (χ4v) is 2.10. The van der Waals surface area contributed by atoms with Gasteiger partial charge < -0.3 is 14.6 Å². The number of benzene rings is 1. The number of aromatic hydroxyl groups is 1. The first-order valence-electron chi connectivity index (χ1n) is 5.89. The molecular formula is C15H10O5. The molecule has 1 aromatic heterocycles. The molecule has 100 valence electrons. The molecule has 1 heterocycles. The molecule has 0 atom stereocenters. The Balaban J connectivity index is 2.24. The summed E-state index contributed by atoms with van der Waals surface area (Å²) in [4.78, 5) is 23.5. The molecule has 20 heavy (non-hydrogen) atoms. The molecule has 0 radical (unpaired) electrons. The molecule has 2 N–H and O–H groups in total. The predicted molar refractivity (Wildman–Crippen MR) is 71.3 cm³/mol. The van der Waals surface area contributed by atoms with Crippen molar-refractivity contribution in [3.05, 3.63) is 64.6 Å². The number of allylic oxidation sites excluding steroid dienone is 2. The van der Waals surface area contributed by atoms with Crippen LogP contribution in [0.5, 0.6) is 5.75 Å².